The molecule has 1 saturated heterocycles. The highest BCUT2D eigenvalue weighted by molar-refractivity contribution is 6.43. The summed E-state index contributed by atoms with van der Waals surface area (Å²) < 4.78 is 0. The van der Waals surface area contributed by atoms with Gasteiger partial charge in [-0.15, -0.1) is 0 Å². The van der Waals surface area contributed by atoms with Crippen molar-refractivity contribution in [2.45, 2.75) is 12.8 Å². The van der Waals surface area contributed by atoms with Crippen molar-refractivity contribution in [2.24, 2.45) is 11.7 Å². The Morgan fingerprint density at radius 3 is 2.70 bits per heavy atom. The first-order valence-corrected chi connectivity index (χ1v) is 7.52. The minimum Gasteiger partial charge on any atom is -0.330 e. The quantitative estimate of drug-likeness (QED) is 0.898. The average molecular weight is 316 g/mol. The summed E-state index contributed by atoms with van der Waals surface area (Å²) in [4.78, 5) is 14.2. The molecule has 3 N–H and O–H groups in total. The molecule has 1 heterocycles. The molecule has 0 aromatic heterocycles. The predicted octanol–water partition coefficient (Wildman–Crippen LogP) is 2.60. The third-order valence-electron chi connectivity index (χ3n) is 3.63. The Balaban J connectivity index is 1.85. The number of nitrogens with one attached hydrogen (secondary N) is 1. The molecule has 0 unspecified atom stereocenters. The van der Waals surface area contributed by atoms with E-state index < -0.39 is 0 Å². The SMILES string of the molecule is NCC1CCN(CC(=O)Nc2cccc(Cl)c2Cl)CC1. The van der Waals surface area contributed by atoms with Crippen molar-refractivity contribution >= 4 is 34.8 Å². The minimum atomic E-state index is -0.0691. The Morgan fingerprint density at radius 1 is 1.35 bits per heavy atom. The second-order valence-corrected chi connectivity index (χ2v) is 5.89. The van der Waals surface area contributed by atoms with Gasteiger partial charge in [0, 0.05) is 0 Å². The van der Waals surface area contributed by atoms with Gasteiger partial charge in [0.15, 0.2) is 0 Å². The van der Waals surface area contributed by atoms with Gasteiger partial charge in [-0.25, -0.2) is 0 Å². The number of anilines is 1. The van der Waals surface area contributed by atoms with Crippen molar-refractivity contribution in [1.29, 1.82) is 0 Å². The van der Waals surface area contributed by atoms with Crippen LogP contribution in [0.4, 0.5) is 5.69 Å². The number of carbonyl (C=O) groups is 1. The Kier molecular flexibility index (Phi) is 5.66. The van der Waals surface area contributed by atoms with Gasteiger partial charge in [-0.2, -0.15) is 0 Å². The van der Waals surface area contributed by atoms with Gasteiger partial charge in [-0.1, -0.05) is 29.3 Å². The van der Waals surface area contributed by atoms with E-state index in [0.717, 1.165) is 32.5 Å². The lowest BCUT2D eigenvalue weighted by molar-refractivity contribution is -0.117. The van der Waals surface area contributed by atoms with Gasteiger partial charge >= 0.3 is 0 Å². The molecule has 1 aromatic carbocycles. The van der Waals surface area contributed by atoms with Crippen molar-refractivity contribution in [3.8, 4) is 0 Å². The molecule has 1 aliphatic rings. The van der Waals surface area contributed by atoms with Crippen LogP contribution >= 0.6 is 23.2 Å². The van der Waals surface area contributed by atoms with Crippen LogP contribution in [0.1, 0.15) is 12.8 Å². The van der Waals surface area contributed by atoms with Gasteiger partial charge in [-0.05, 0) is 50.5 Å². The Morgan fingerprint density at radius 2 is 2.05 bits per heavy atom. The number of benzene rings is 1. The molecule has 0 bridgehead atoms. The molecule has 0 radical (unpaired) electrons. The van der Waals surface area contributed by atoms with Gasteiger partial charge in [-0.3, -0.25) is 9.69 Å². The molecule has 20 heavy (non-hydrogen) atoms. The van der Waals surface area contributed by atoms with Crippen molar-refractivity contribution in [3.05, 3.63) is 28.2 Å². The van der Waals surface area contributed by atoms with E-state index >= 15 is 0 Å². The van der Waals surface area contributed by atoms with Crippen LogP contribution in [-0.2, 0) is 4.79 Å². The highest BCUT2D eigenvalue weighted by Gasteiger charge is 2.20. The maximum absolute atomic E-state index is 12.0. The zero-order valence-electron chi connectivity index (χ0n) is 11.2. The first kappa shape index (κ1) is 15.6. The van der Waals surface area contributed by atoms with Crippen LogP contribution in [0.2, 0.25) is 10.0 Å². The lowest BCUT2D eigenvalue weighted by Crippen LogP contribution is -2.40. The third kappa shape index (κ3) is 4.09. The van der Waals surface area contributed by atoms with E-state index in [2.05, 4.69) is 10.2 Å². The van der Waals surface area contributed by atoms with Crippen LogP contribution in [0, 0.1) is 5.92 Å². The van der Waals surface area contributed by atoms with Gasteiger partial charge in [0.05, 0.1) is 22.3 Å². The molecule has 1 fully saturated rings. The summed E-state index contributed by atoms with van der Waals surface area (Å²) in [5.41, 5.74) is 6.21. The van der Waals surface area contributed by atoms with E-state index in [-0.39, 0.29) is 5.91 Å². The molecular formula is C14H19Cl2N3O. The number of hydrogen-bond donors (Lipinski definition) is 2. The van der Waals surface area contributed by atoms with Gasteiger partial charge in [0.25, 0.3) is 0 Å². The lowest BCUT2D eigenvalue weighted by Gasteiger charge is -2.30. The fourth-order valence-corrected chi connectivity index (χ4v) is 2.72. The lowest BCUT2D eigenvalue weighted by atomic mass is 9.97. The Labute approximate surface area is 129 Å². The summed E-state index contributed by atoms with van der Waals surface area (Å²) in [6.45, 7) is 2.94. The van der Waals surface area contributed by atoms with Crippen LogP contribution in [0.5, 0.6) is 0 Å². The number of carbonyl (C=O) groups excluding carboxylic acids is 1. The molecule has 0 atom stereocenters. The minimum absolute atomic E-state index is 0.0691. The molecule has 4 nitrogen and oxygen atoms in total. The maximum Gasteiger partial charge on any atom is 0.238 e. The number of rotatable bonds is 4. The zero-order valence-corrected chi connectivity index (χ0v) is 12.8. The molecule has 0 spiro atoms. The smallest absolute Gasteiger partial charge is 0.238 e. The number of hydrogen-bond acceptors (Lipinski definition) is 3. The number of amides is 1. The first-order chi connectivity index (χ1) is 9.60. The molecular weight excluding hydrogens is 297 g/mol. The highest BCUT2D eigenvalue weighted by Crippen LogP contribution is 2.29. The predicted molar refractivity (Wildman–Crippen MR) is 83.3 cm³/mol. The van der Waals surface area contributed by atoms with Crippen molar-refractivity contribution < 1.29 is 4.79 Å². The summed E-state index contributed by atoms with van der Waals surface area (Å²) in [6.07, 6.45) is 2.11. The molecule has 0 aliphatic carbocycles. The fourth-order valence-electron chi connectivity index (χ4n) is 2.37. The number of nitrogens with two attached hydrogens (primary N) is 1. The van der Waals surface area contributed by atoms with E-state index in [1.54, 1.807) is 18.2 Å². The second-order valence-electron chi connectivity index (χ2n) is 5.10. The first-order valence-electron chi connectivity index (χ1n) is 6.76. The van der Waals surface area contributed by atoms with Crippen LogP contribution in [0.3, 0.4) is 0 Å². The average Bonchev–Trinajstić information content (AvgIpc) is 2.45. The van der Waals surface area contributed by atoms with E-state index in [4.69, 9.17) is 28.9 Å². The molecule has 110 valence electrons. The van der Waals surface area contributed by atoms with E-state index in [9.17, 15) is 4.79 Å². The van der Waals surface area contributed by atoms with Gasteiger partial charge in [0.1, 0.15) is 0 Å². The second kappa shape index (κ2) is 7.27. The van der Waals surface area contributed by atoms with Crippen LogP contribution in [0.25, 0.3) is 0 Å². The molecule has 1 amide bonds. The number of halogens is 2. The monoisotopic (exact) mass is 315 g/mol. The van der Waals surface area contributed by atoms with E-state index in [1.165, 1.54) is 0 Å². The van der Waals surface area contributed by atoms with Gasteiger partial charge in [0.2, 0.25) is 5.91 Å². The van der Waals surface area contributed by atoms with Crippen molar-refractivity contribution in [2.75, 3.05) is 31.5 Å². The van der Waals surface area contributed by atoms with Crippen LogP contribution in [-0.4, -0.2) is 37.0 Å². The van der Waals surface area contributed by atoms with E-state index in [1.807, 2.05) is 0 Å². The topological polar surface area (TPSA) is 58.4 Å². The van der Waals surface area contributed by atoms with Crippen LogP contribution in [0.15, 0.2) is 18.2 Å². The van der Waals surface area contributed by atoms with Crippen molar-refractivity contribution in [1.82, 2.24) is 4.90 Å². The summed E-state index contributed by atoms with van der Waals surface area (Å²) in [5, 5.41) is 3.62. The zero-order chi connectivity index (χ0) is 14.5. The molecule has 6 heteroatoms. The number of piperidine rings is 1. The number of likely N-dealkylation sites (tertiary alicyclic amines) is 1. The third-order valence-corrected chi connectivity index (χ3v) is 4.45. The Hall–Kier alpha value is -0.810. The summed E-state index contributed by atoms with van der Waals surface area (Å²) in [6, 6.07) is 5.19. The van der Waals surface area contributed by atoms with Crippen molar-refractivity contribution in [3.63, 3.8) is 0 Å². The molecule has 1 aliphatic heterocycles. The Bertz CT molecular complexity index is 473. The molecule has 2 rings (SSSR count). The van der Waals surface area contributed by atoms with E-state index in [0.29, 0.717) is 28.2 Å². The summed E-state index contributed by atoms with van der Waals surface area (Å²) in [7, 11) is 0. The molecule has 1 aromatic rings. The summed E-state index contributed by atoms with van der Waals surface area (Å²) in [5.74, 6) is 0.525. The molecule has 0 saturated carbocycles. The standard InChI is InChI=1S/C14H19Cl2N3O/c15-11-2-1-3-12(14(11)16)18-13(20)9-19-6-4-10(8-17)5-7-19/h1-3,10H,4-9,17H2,(H,18,20). The normalized spacial score (nSPS) is 17.1. The maximum atomic E-state index is 12.0. The number of nitrogens with zero attached hydrogens (tertiary/aromatic N) is 1. The van der Waals surface area contributed by atoms with Crippen LogP contribution < -0.4 is 11.1 Å². The highest BCUT2D eigenvalue weighted by atomic mass is 35.5. The largest absolute Gasteiger partial charge is 0.330 e. The fraction of sp³-hybridized carbons (Fsp3) is 0.500. The summed E-state index contributed by atoms with van der Waals surface area (Å²) >= 11 is 12.0. The van der Waals surface area contributed by atoms with Gasteiger partial charge < -0.3 is 11.1 Å².